The first-order valence-corrected chi connectivity index (χ1v) is 6.98. The van der Waals surface area contributed by atoms with E-state index in [4.69, 9.17) is 23.2 Å². The van der Waals surface area contributed by atoms with Crippen molar-refractivity contribution < 1.29 is 4.79 Å². The Kier molecular flexibility index (Phi) is 4.36. The van der Waals surface area contributed by atoms with Crippen LogP contribution in [0, 0.1) is 20.8 Å². The molecule has 0 aliphatic rings. The van der Waals surface area contributed by atoms with Crippen LogP contribution < -0.4 is 5.32 Å². The van der Waals surface area contributed by atoms with Crippen LogP contribution in [0.25, 0.3) is 0 Å². The largest absolute Gasteiger partial charge is 0.322 e. The second-order valence-electron chi connectivity index (χ2n) is 4.83. The number of benzene rings is 2. The van der Waals surface area contributed by atoms with Crippen molar-refractivity contribution in [1.29, 1.82) is 0 Å². The molecule has 2 aromatic carbocycles. The van der Waals surface area contributed by atoms with E-state index >= 15 is 0 Å². The summed E-state index contributed by atoms with van der Waals surface area (Å²) >= 11 is 11.8. The molecule has 104 valence electrons. The number of amides is 1. The number of aryl methyl sites for hydroxylation is 3. The lowest BCUT2D eigenvalue weighted by Crippen LogP contribution is -2.14. The fraction of sp³-hybridized carbons (Fsp3) is 0.188. The molecule has 0 saturated carbocycles. The fourth-order valence-electron chi connectivity index (χ4n) is 1.98. The molecule has 2 rings (SSSR count). The van der Waals surface area contributed by atoms with Crippen molar-refractivity contribution in [3.8, 4) is 0 Å². The number of carbonyl (C=O) groups is 1. The summed E-state index contributed by atoms with van der Waals surface area (Å²) in [6, 6.07) is 8.93. The predicted octanol–water partition coefficient (Wildman–Crippen LogP) is 5.17. The first kappa shape index (κ1) is 14.9. The quantitative estimate of drug-likeness (QED) is 0.814. The third kappa shape index (κ3) is 3.14. The van der Waals surface area contributed by atoms with Crippen LogP contribution in [-0.2, 0) is 0 Å². The first-order chi connectivity index (χ1) is 9.38. The standard InChI is InChI=1S/C16H15Cl2NO/c1-9-6-11(3)13(7-10(9)2)16(20)19-12-4-5-14(17)15(18)8-12/h4-8H,1-3H3,(H,19,20). The fourth-order valence-corrected chi connectivity index (χ4v) is 2.28. The third-order valence-electron chi connectivity index (χ3n) is 3.26. The minimum absolute atomic E-state index is 0.149. The summed E-state index contributed by atoms with van der Waals surface area (Å²) < 4.78 is 0. The molecule has 1 N–H and O–H groups in total. The summed E-state index contributed by atoms with van der Waals surface area (Å²) in [6.07, 6.45) is 0. The zero-order chi connectivity index (χ0) is 14.9. The van der Waals surface area contributed by atoms with Crippen molar-refractivity contribution >= 4 is 34.8 Å². The molecule has 0 unspecified atom stereocenters. The van der Waals surface area contributed by atoms with E-state index in [1.807, 2.05) is 32.9 Å². The minimum Gasteiger partial charge on any atom is -0.322 e. The molecule has 0 bridgehead atoms. The number of rotatable bonds is 2. The van der Waals surface area contributed by atoms with Crippen molar-refractivity contribution in [3.05, 3.63) is 62.6 Å². The summed E-state index contributed by atoms with van der Waals surface area (Å²) in [5, 5.41) is 3.71. The van der Waals surface area contributed by atoms with Crippen LogP contribution in [0.5, 0.6) is 0 Å². The Morgan fingerprint density at radius 3 is 2.20 bits per heavy atom. The molecule has 0 spiro atoms. The summed E-state index contributed by atoms with van der Waals surface area (Å²) in [6.45, 7) is 5.95. The highest BCUT2D eigenvalue weighted by Crippen LogP contribution is 2.25. The van der Waals surface area contributed by atoms with Gasteiger partial charge < -0.3 is 5.32 Å². The third-order valence-corrected chi connectivity index (χ3v) is 4.00. The molecule has 0 heterocycles. The van der Waals surface area contributed by atoms with E-state index < -0.39 is 0 Å². The van der Waals surface area contributed by atoms with Gasteiger partial charge in [0.1, 0.15) is 0 Å². The van der Waals surface area contributed by atoms with Crippen molar-refractivity contribution in [1.82, 2.24) is 0 Å². The molecule has 0 radical (unpaired) electrons. The Hall–Kier alpha value is -1.51. The summed E-state index contributed by atoms with van der Waals surface area (Å²) in [7, 11) is 0. The van der Waals surface area contributed by atoms with Crippen molar-refractivity contribution in [2.24, 2.45) is 0 Å². The highest BCUT2D eigenvalue weighted by atomic mass is 35.5. The number of anilines is 1. The highest BCUT2D eigenvalue weighted by Gasteiger charge is 2.11. The van der Waals surface area contributed by atoms with E-state index in [0.29, 0.717) is 21.3 Å². The molecule has 0 aliphatic carbocycles. The van der Waals surface area contributed by atoms with Crippen molar-refractivity contribution in [2.45, 2.75) is 20.8 Å². The van der Waals surface area contributed by atoms with E-state index in [2.05, 4.69) is 5.32 Å². The number of nitrogens with one attached hydrogen (secondary N) is 1. The second-order valence-corrected chi connectivity index (χ2v) is 5.65. The maximum atomic E-state index is 12.3. The van der Waals surface area contributed by atoms with Gasteiger partial charge in [0.15, 0.2) is 0 Å². The molecule has 4 heteroatoms. The Labute approximate surface area is 128 Å². The van der Waals surface area contributed by atoms with Gasteiger partial charge in [-0.3, -0.25) is 4.79 Å². The van der Waals surface area contributed by atoms with Gasteiger partial charge in [-0.15, -0.1) is 0 Å². The average molecular weight is 308 g/mol. The summed E-state index contributed by atoms with van der Waals surface area (Å²) in [4.78, 5) is 12.3. The molecule has 0 aliphatic heterocycles. The summed E-state index contributed by atoms with van der Waals surface area (Å²) in [5.41, 5.74) is 4.51. The average Bonchev–Trinajstić information content (AvgIpc) is 2.38. The Balaban J connectivity index is 2.28. The molecule has 20 heavy (non-hydrogen) atoms. The molecule has 2 nitrogen and oxygen atoms in total. The zero-order valence-electron chi connectivity index (χ0n) is 11.6. The minimum atomic E-state index is -0.149. The van der Waals surface area contributed by atoms with Gasteiger partial charge in [0.25, 0.3) is 5.91 Å². The smallest absolute Gasteiger partial charge is 0.255 e. The monoisotopic (exact) mass is 307 g/mol. The Morgan fingerprint density at radius 1 is 0.900 bits per heavy atom. The van der Waals surface area contributed by atoms with E-state index in [1.165, 1.54) is 5.56 Å². The van der Waals surface area contributed by atoms with E-state index in [1.54, 1.807) is 18.2 Å². The van der Waals surface area contributed by atoms with Gasteiger partial charge >= 0.3 is 0 Å². The van der Waals surface area contributed by atoms with Crippen molar-refractivity contribution in [2.75, 3.05) is 5.32 Å². The topological polar surface area (TPSA) is 29.1 Å². The van der Waals surface area contributed by atoms with Crippen LogP contribution in [-0.4, -0.2) is 5.91 Å². The van der Waals surface area contributed by atoms with Gasteiger partial charge in [-0.1, -0.05) is 29.3 Å². The number of carbonyl (C=O) groups excluding carboxylic acids is 1. The van der Waals surface area contributed by atoms with E-state index in [-0.39, 0.29) is 5.91 Å². The lowest BCUT2D eigenvalue weighted by Gasteiger charge is -2.11. The first-order valence-electron chi connectivity index (χ1n) is 6.22. The number of hydrogen-bond donors (Lipinski definition) is 1. The molecule has 0 fully saturated rings. The van der Waals surface area contributed by atoms with Crippen LogP contribution in [0.4, 0.5) is 5.69 Å². The molecule has 0 aromatic heterocycles. The molecular formula is C16H15Cl2NO. The van der Waals surface area contributed by atoms with Crippen LogP contribution in [0.3, 0.4) is 0 Å². The van der Waals surface area contributed by atoms with Gasteiger partial charge in [-0.05, 0) is 61.7 Å². The lowest BCUT2D eigenvalue weighted by atomic mass is 10.0. The molecular weight excluding hydrogens is 293 g/mol. The van der Waals surface area contributed by atoms with Crippen LogP contribution in [0.2, 0.25) is 10.0 Å². The Bertz CT molecular complexity index is 680. The molecule has 1 amide bonds. The maximum absolute atomic E-state index is 12.3. The second kappa shape index (κ2) is 5.86. The van der Waals surface area contributed by atoms with Gasteiger partial charge in [0.2, 0.25) is 0 Å². The highest BCUT2D eigenvalue weighted by molar-refractivity contribution is 6.42. The van der Waals surface area contributed by atoms with E-state index in [9.17, 15) is 4.79 Å². The van der Waals surface area contributed by atoms with Crippen LogP contribution >= 0.6 is 23.2 Å². The van der Waals surface area contributed by atoms with E-state index in [0.717, 1.165) is 11.1 Å². The lowest BCUT2D eigenvalue weighted by molar-refractivity contribution is 0.102. The Morgan fingerprint density at radius 2 is 1.55 bits per heavy atom. The molecule has 0 atom stereocenters. The number of halogens is 2. The normalized spacial score (nSPS) is 10.4. The molecule has 2 aromatic rings. The number of hydrogen-bond acceptors (Lipinski definition) is 1. The van der Waals surface area contributed by atoms with Crippen molar-refractivity contribution in [3.63, 3.8) is 0 Å². The summed E-state index contributed by atoms with van der Waals surface area (Å²) in [5.74, 6) is -0.149. The van der Waals surface area contributed by atoms with Crippen LogP contribution in [0.15, 0.2) is 30.3 Å². The van der Waals surface area contributed by atoms with Gasteiger partial charge in [-0.2, -0.15) is 0 Å². The van der Waals surface area contributed by atoms with Gasteiger partial charge in [-0.25, -0.2) is 0 Å². The van der Waals surface area contributed by atoms with Gasteiger partial charge in [0.05, 0.1) is 10.0 Å². The van der Waals surface area contributed by atoms with Crippen LogP contribution in [0.1, 0.15) is 27.0 Å². The zero-order valence-corrected chi connectivity index (χ0v) is 13.1. The maximum Gasteiger partial charge on any atom is 0.255 e. The molecule has 0 saturated heterocycles. The predicted molar refractivity (Wildman–Crippen MR) is 85.1 cm³/mol. The van der Waals surface area contributed by atoms with Gasteiger partial charge in [0, 0.05) is 11.3 Å². The SMILES string of the molecule is Cc1cc(C)c(C(=O)Nc2ccc(Cl)c(Cl)c2)cc1C.